The number of amides is 2. The molecule has 0 saturated carbocycles. The summed E-state index contributed by atoms with van der Waals surface area (Å²) in [5.41, 5.74) is 0. The number of aliphatic carboxylic acids is 1. The van der Waals surface area contributed by atoms with E-state index in [2.05, 4.69) is 17.2 Å². The normalized spacial score (nSPS) is 11.9. The molecule has 0 heterocycles. The van der Waals surface area contributed by atoms with Gasteiger partial charge in [-0.1, -0.05) is 19.9 Å². The number of nitrogens with one attached hydrogen (secondary N) is 2. The van der Waals surface area contributed by atoms with Crippen LogP contribution in [0.15, 0.2) is 12.7 Å². The van der Waals surface area contributed by atoms with Crippen molar-refractivity contribution in [3.63, 3.8) is 0 Å². The van der Waals surface area contributed by atoms with Gasteiger partial charge in [-0.25, -0.2) is 4.79 Å². The molecule has 0 radical (unpaired) electrons. The number of urea groups is 1. The standard InChI is InChI=1S/C11H20N2O3/c1-4-5-6-12-11(16)13-7-9(8(2)3)10(14)15/h4,8-9H,1,5-7H2,2-3H3,(H,14,15)(H2,12,13,16). The van der Waals surface area contributed by atoms with Gasteiger partial charge in [-0.3, -0.25) is 4.79 Å². The molecule has 2 amide bonds. The predicted octanol–water partition coefficient (Wildman–Crippen LogP) is 1.22. The molecule has 5 nitrogen and oxygen atoms in total. The van der Waals surface area contributed by atoms with E-state index in [1.165, 1.54) is 0 Å². The molecule has 1 atom stereocenters. The molecule has 0 aromatic carbocycles. The Balaban J connectivity index is 3.87. The molecule has 0 aliphatic carbocycles. The van der Waals surface area contributed by atoms with Gasteiger partial charge in [-0.15, -0.1) is 6.58 Å². The van der Waals surface area contributed by atoms with Crippen molar-refractivity contribution in [2.24, 2.45) is 11.8 Å². The van der Waals surface area contributed by atoms with Crippen LogP contribution in [0.3, 0.4) is 0 Å². The van der Waals surface area contributed by atoms with Crippen LogP contribution in [-0.4, -0.2) is 30.2 Å². The molecule has 0 bridgehead atoms. The molecule has 0 aromatic heterocycles. The second-order valence-electron chi connectivity index (χ2n) is 3.90. The maximum absolute atomic E-state index is 11.2. The third-order valence-electron chi connectivity index (χ3n) is 2.24. The molecule has 16 heavy (non-hydrogen) atoms. The lowest BCUT2D eigenvalue weighted by Crippen LogP contribution is -2.41. The zero-order chi connectivity index (χ0) is 12.6. The van der Waals surface area contributed by atoms with Gasteiger partial charge in [0.2, 0.25) is 0 Å². The lowest BCUT2D eigenvalue weighted by molar-refractivity contribution is -0.142. The minimum absolute atomic E-state index is 0.00836. The predicted molar refractivity (Wildman–Crippen MR) is 62.2 cm³/mol. The Bertz CT molecular complexity index is 252. The van der Waals surface area contributed by atoms with E-state index >= 15 is 0 Å². The number of hydrogen-bond donors (Lipinski definition) is 3. The van der Waals surface area contributed by atoms with Gasteiger partial charge in [-0.2, -0.15) is 0 Å². The van der Waals surface area contributed by atoms with Crippen LogP contribution in [0.25, 0.3) is 0 Å². The Morgan fingerprint density at radius 3 is 2.44 bits per heavy atom. The van der Waals surface area contributed by atoms with E-state index in [1.54, 1.807) is 6.08 Å². The van der Waals surface area contributed by atoms with E-state index in [0.29, 0.717) is 13.0 Å². The molecule has 3 N–H and O–H groups in total. The van der Waals surface area contributed by atoms with Gasteiger partial charge in [0.25, 0.3) is 0 Å². The number of carbonyl (C=O) groups is 2. The van der Waals surface area contributed by atoms with Gasteiger partial charge in [0.1, 0.15) is 0 Å². The third kappa shape index (κ3) is 6.06. The van der Waals surface area contributed by atoms with Crippen LogP contribution in [0.4, 0.5) is 4.79 Å². The van der Waals surface area contributed by atoms with Gasteiger partial charge in [0.05, 0.1) is 5.92 Å². The van der Waals surface area contributed by atoms with E-state index in [4.69, 9.17) is 5.11 Å². The Kier molecular flexibility index (Phi) is 7.00. The monoisotopic (exact) mass is 228 g/mol. The van der Waals surface area contributed by atoms with Crippen LogP contribution in [0.1, 0.15) is 20.3 Å². The summed E-state index contributed by atoms with van der Waals surface area (Å²) in [5, 5.41) is 14.0. The van der Waals surface area contributed by atoms with Crippen molar-refractivity contribution >= 4 is 12.0 Å². The first-order valence-electron chi connectivity index (χ1n) is 5.34. The lowest BCUT2D eigenvalue weighted by atomic mass is 9.96. The average Bonchev–Trinajstić information content (AvgIpc) is 2.17. The van der Waals surface area contributed by atoms with Crippen LogP contribution >= 0.6 is 0 Å². The fourth-order valence-electron chi connectivity index (χ4n) is 1.16. The Morgan fingerprint density at radius 1 is 1.38 bits per heavy atom. The largest absolute Gasteiger partial charge is 0.481 e. The summed E-state index contributed by atoms with van der Waals surface area (Å²) in [7, 11) is 0. The smallest absolute Gasteiger partial charge is 0.314 e. The number of carboxylic acids is 1. The highest BCUT2D eigenvalue weighted by molar-refractivity contribution is 5.75. The van der Waals surface area contributed by atoms with Gasteiger partial charge >= 0.3 is 12.0 Å². The first-order valence-corrected chi connectivity index (χ1v) is 5.34. The van der Waals surface area contributed by atoms with E-state index in [9.17, 15) is 9.59 Å². The van der Waals surface area contributed by atoms with Crippen molar-refractivity contribution in [3.05, 3.63) is 12.7 Å². The van der Waals surface area contributed by atoms with Crippen LogP contribution in [-0.2, 0) is 4.79 Å². The molecule has 0 fully saturated rings. The zero-order valence-electron chi connectivity index (χ0n) is 9.82. The quantitative estimate of drug-likeness (QED) is 0.453. The van der Waals surface area contributed by atoms with Crippen molar-refractivity contribution in [2.45, 2.75) is 20.3 Å². The molecule has 0 saturated heterocycles. The molecule has 0 aliphatic rings. The van der Waals surface area contributed by atoms with Crippen LogP contribution in [0.5, 0.6) is 0 Å². The molecule has 0 spiro atoms. The third-order valence-corrected chi connectivity index (χ3v) is 2.24. The van der Waals surface area contributed by atoms with Crippen molar-refractivity contribution in [3.8, 4) is 0 Å². The second kappa shape index (κ2) is 7.73. The van der Waals surface area contributed by atoms with Crippen molar-refractivity contribution in [2.75, 3.05) is 13.1 Å². The Hall–Kier alpha value is -1.52. The zero-order valence-corrected chi connectivity index (χ0v) is 9.82. The van der Waals surface area contributed by atoms with E-state index in [1.807, 2.05) is 13.8 Å². The van der Waals surface area contributed by atoms with Gasteiger partial charge in [0, 0.05) is 13.1 Å². The maximum atomic E-state index is 11.2. The molecule has 1 unspecified atom stereocenters. The van der Waals surface area contributed by atoms with Gasteiger partial charge in [-0.05, 0) is 12.3 Å². The number of carbonyl (C=O) groups excluding carboxylic acids is 1. The molecule has 0 aliphatic heterocycles. The second-order valence-corrected chi connectivity index (χ2v) is 3.90. The number of rotatable bonds is 7. The summed E-state index contributed by atoms with van der Waals surface area (Å²) >= 11 is 0. The highest BCUT2D eigenvalue weighted by Crippen LogP contribution is 2.09. The highest BCUT2D eigenvalue weighted by Gasteiger charge is 2.21. The SMILES string of the molecule is C=CCCNC(=O)NCC(C(=O)O)C(C)C. The molecular weight excluding hydrogens is 208 g/mol. The topological polar surface area (TPSA) is 78.4 Å². The molecule has 0 aromatic rings. The van der Waals surface area contributed by atoms with Crippen molar-refractivity contribution in [1.82, 2.24) is 10.6 Å². The average molecular weight is 228 g/mol. The minimum atomic E-state index is -0.888. The van der Waals surface area contributed by atoms with E-state index in [-0.39, 0.29) is 18.5 Å². The summed E-state index contributed by atoms with van der Waals surface area (Å²) in [5.74, 6) is -1.45. The molecule has 5 heteroatoms. The van der Waals surface area contributed by atoms with Crippen LogP contribution in [0, 0.1) is 11.8 Å². The molecule has 92 valence electrons. The summed E-state index contributed by atoms with van der Waals surface area (Å²) in [4.78, 5) is 22.0. The van der Waals surface area contributed by atoms with Crippen LogP contribution in [0.2, 0.25) is 0 Å². The van der Waals surface area contributed by atoms with Gasteiger partial charge < -0.3 is 15.7 Å². The minimum Gasteiger partial charge on any atom is -0.481 e. The first kappa shape index (κ1) is 14.5. The summed E-state index contributed by atoms with van der Waals surface area (Å²) < 4.78 is 0. The molecule has 0 rings (SSSR count). The van der Waals surface area contributed by atoms with Crippen LogP contribution < -0.4 is 10.6 Å². The lowest BCUT2D eigenvalue weighted by Gasteiger charge is -2.16. The Morgan fingerprint density at radius 2 is 2.00 bits per heavy atom. The maximum Gasteiger partial charge on any atom is 0.314 e. The molecular formula is C11H20N2O3. The highest BCUT2D eigenvalue weighted by atomic mass is 16.4. The number of carboxylic acid groups (broad SMARTS) is 1. The fraction of sp³-hybridized carbons (Fsp3) is 0.636. The van der Waals surface area contributed by atoms with Gasteiger partial charge in [0.15, 0.2) is 0 Å². The summed E-state index contributed by atoms with van der Waals surface area (Å²) in [6, 6.07) is -0.339. The van der Waals surface area contributed by atoms with E-state index in [0.717, 1.165) is 0 Å². The number of hydrogen-bond acceptors (Lipinski definition) is 2. The fourth-order valence-corrected chi connectivity index (χ4v) is 1.16. The first-order chi connectivity index (χ1) is 7.49. The van der Waals surface area contributed by atoms with Crippen molar-refractivity contribution < 1.29 is 14.7 Å². The summed E-state index contributed by atoms with van der Waals surface area (Å²) in [6.45, 7) is 7.81. The van der Waals surface area contributed by atoms with E-state index < -0.39 is 11.9 Å². The van der Waals surface area contributed by atoms with Crippen molar-refractivity contribution in [1.29, 1.82) is 0 Å². The Labute approximate surface area is 95.9 Å². The summed E-state index contributed by atoms with van der Waals surface area (Å²) in [6.07, 6.45) is 2.40.